The van der Waals surface area contributed by atoms with E-state index in [1.807, 2.05) is 19.1 Å². The Morgan fingerprint density at radius 1 is 1.12 bits per heavy atom. The molecule has 0 saturated heterocycles. The van der Waals surface area contributed by atoms with Crippen molar-refractivity contribution in [1.82, 2.24) is 10.6 Å². The summed E-state index contributed by atoms with van der Waals surface area (Å²) in [5.74, 6) is 0.0805. The molecule has 134 valence electrons. The first-order valence-electron chi connectivity index (χ1n) is 7.81. The minimum absolute atomic E-state index is 0.0805. The Hall–Kier alpha value is -2.34. The van der Waals surface area contributed by atoms with E-state index in [1.54, 1.807) is 24.3 Å². The normalized spacial score (nSPS) is 11.9. The van der Waals surface area contributed by atoms with Crippen LogP contribution in [0.3, 0.4) is 0 Å². The molecule has 0 fully saturated rings. The summed E-state index contributed by atoms with van der Waals surface area (Å²) >= 11 is 5.87. The van der Waals surface area contributed by atoms with Gasteiger partial charge in [0, 0.05) is 11.6 Å². The van der Waals surface area contributed by atoms with Gasteiger partial charge >= 0.3 is 12.6 Å². The Bertz CT molecular complexity index is 678. The lowest BCUT2D eigenvalue weighted by Crippen LogP contribution is -2.37. The minimum Gasteiger partial charge on any atom is -0.435 e. The maximum absolute atomic E-state index is 12.1. The number of nitrogens with one attached hydrogen (secondary N) is 2. The molecule has 2 rings (SSSR count). The Labute approximate surface area is 150 Å². The van der Waals surface area contributed by atoms with Crippen molar-refractivity contribution in [3.05, 3.63) is 64.7 Å². The molecule has 0 bridgehead atoms. The summed E-state index contributed by atoms with van der Waals surface area (Å²) in [6.45, 7) is -0.604. The van der Waals surface area contributed by atoms with E-state index in [0.717, 1.165) is 17.5 Å². The van der Waals surface area contributed by atoms with Gasteiger partial charge in [-0.2, -0.15) is 8.78 Å². The lowest BCUT2D eigenvalue weighted by Gasteiger charge is -2.18. The molecule has 2 aromatic rings. The van der Waals surface area contributed by atoms with E-state index >= 15 is 0 Å². The number of hydrogen-bond acceptors (Lipinski definition) is 2. The van der Waals surface area contributed by atoms with E-state index in [1.165, 1.54) is 12.1 Å². The van der Waals surface area contributed by atoms with Crippen molar-refractivity contribution in [3.8, 4) is 5.75 Å². The summed E-state index contributed by atoms with van der Waals surface area (Å²) in [7, 11) is 0. The summed E-state index contributed by atoms with van der Waals surface area (Å²) in [6.07, 6.45) is 0.731. The first-order valence-corrected chi connectivity index (χ1v) is 8.19. The van der Waals surface area contributed by atoms with Crippen molar-refractivity contribution in [1.29, 1.82) is 0 Å². The second kappa shape index (κ2) is 9.22. The van der Waals surface area contributed by atoms with E-state index in [4.69, 9.17) is 11.6 Å². The van der Waals surface area contributed by atoms with Gasteiger partial charge in [0.1, 0.15) is 5.75 Å². The van der Waals surface area contributed by atoms with E-state index < -0.39 is 6.61 Å². The van der Waals surface area contributed by atoms with E-state index in [2.05, 4.69) is 15.4 Å². The quantitative estimate of drug-likeness (QED) is 0.730. The van der Waals surface area contributed by atoms with Crippen molar-refractivity contribution in [3.63, 3.8) is 0 Å². The van der Waals surface area contributed by atoms with Crippen LogP contribution in [0.1, 0.15) is 30.5 Å². The maximum Gasteiger partial charge on any atom is 0.387 e. The Kier molecular flexibility index (Phi) is 7.01. The Balaban J connectivity index is 1.85. The van der Waals surface area contributed by atoms with Crippen LogP contribution in [0.15, 0.2) is 48.5 Å². The van der Waals surface area contributed by atoms with Gasteiger partial charge in [-0.1, -0.05) is 42.8 Å². The number of hydrogen-bond donors (Lipinski definition) is 2. The largest absolute Gasteiger partial charge is 0.435 e. The fraction of sp³-hybridized carbons (Fsp3) is 0.278. The number of urea groups is 1. The van der Waals surface area contributed by atoms with E-state index in [9.17, 15) is 13.6 Å². The molecule has 0 aliphatic heterocycles. The number of halogens is 3. The summed E-state index contributed by atoms with van der Waals surface area (Å²) in [6, 6.07) is 13.0. The highest BCUT2D eigenvalue weighted by Crippen LogP contribution is 2.19. The molecular weight excluding hydrogens is 350 g/mol. The van der Waals surface area contributed by atoms with Crippen LogP contribution < -0.4 is 15.4 Å². The highest BCUT2D eigenvalue weighted by Gasteiger charge is 2.12. The van der Waals surface area contributed by atoms with Gasteiger partial charge in [0.05, 0.1) is 6.04 Å². The molecule has 0 aromatic heterocycles. The molecule has 1 unspecified atom stereocenters. The SMILES string of the molecule is CCC(NC(=O)NCc1ccc(OC(F)F)cc1)c1ccc(Cl)cc1. The van der Waals surface area contributed by atoms with Gasteiger partial charge in [0.2, 0.25) is 0 Å². The molecule has 0 aliphatic carbocycles. The van der Waals surface area contributed by atoms with Gasteiger partial charge in [-0.25, -0.2) is 4.79 Å². The second-order valence-electron chi connectivity index (χ2n) is 5.36. The van der Waals surface area contributed by atoms with Crippen molar-refractivity contribution in [2.24, 2.45) is 0 Å². The van der Waals surface area contributed by atoms with E-state index in [0.29, 0.717) is 5.02 Å². The third kappa shape index (κ3) is 6.23. The summed E-state index contributed by atoms with van der Waals surface area (Å²) < 4.78 is 28.5. The zero-order valence-corrected chi connectivity index (χ0v) is 14.4. The van der Waals surface area contributed by atoms with E-state index in [-0.39, 0.29) is 24.4 Å². The molecule has 0 spiro atoms. The zero-order chi connectivity index (χ0) is 18.2. The van der Waals surface area contributed by atoms with Crippen molar-refractivity contribution >= 4 is 17.6 Å². The lowest BCUT2D eigenvalue weighted by molar-refractivity contribution is -0.0498. The molecule has 0 saturated carbocycles. The summed E-state index contributed by atoms with van der Waals surface area (Å²) in [4.78, 5) is 12.1. The lowest BCUT2D eigenvalue weighted by atomic mass is 10.1. The first kappa shape index (κ1) is 19.0. The van der Waals surface area contributed by atoms with Gasteiger partial charge < -0.3 is 15.4 Å². The van der Waals surface area contributed by atoms with Gasteiger partial charge in [-0.3, -0.25) is 0 Å². The molecule has 7 heteroatoms. The molecule has 2 amide bonds. The molecule has 0 aliphatic rings. The second-order valence-corrected chi connectivity index (χ2v) is 5.80. The van der Waals surface area contributed by atoms with Gasteiger partial charge in [-0.15, -0.1) is 0 Å². The maximum atomic E-state index is 12.1. The number of carbonyl (C=O) groups is 1. The number of carbonyl (C=O) groups excluding carboxylic acids is 1. The summed E-state index contributed by atoms with van der Waals surface area (Å²) in [5, 5.41) is 6.27. The predicted octanol–water partition coefficient (Wildman–Crippen LogP) is 4.89. The molecule has 2 N–H and O–H groups in total. The standard InChI is InChI=1S/C18H19ClF2N2O2/c1-2-16(13-5-7-14(19)8-6-13)23-18(24)22-11-12-3-9-15(10-4-12)25-17(20)21/h3-10,16-17H,2,11H2,1H3,(H2,22,23,24). The third-order valence-corrected chi connectivity index (χ3v) is 3.84. The number of rotatable bonds is 7. The first-order chi connectivity index (χ1) is 12.0. The Morgan fingerprint density at radius 3 is 2.32 bits per heavy atom. The average Bonchev–Trinajstić information content (AvgIpc) is 2.59. The van der Waals surface area contributed by atoms with Crippen LogP contribution in [0.4, 0.5) is 13.6 Å². The van der Waals surface area contributed by atoms with Crippen LogP contribution in [-0.4, -0.2) is 12.6 Å². The van der Waals surface area contributed by atoms with Crippen LogP contribution in [0.2, 0.25) is 5.02 Å². The molecule has 0 heterocycles. The third-order valence-electron chi connectivity index (χ3n) is 3.59. The van der Waals surface area contributed by atoms with Crippen LogP contribution in [-0.2, 0) is 6.54 Å². The highest BCUT2D eigenvalue weighted by molar-refractivity contribution is 6.30. The molecule has 1 atom stereocenters. The van der Waals surface area contributed by atoms with Crippen LogP contribution >= 0.6 is 11.6 Å². The molecule has 0 radical (unpaired) electrons. The smallest absolute Gasteiger partial charge is 0.387 e. The number of ether oxygens (including phenoxy) is 1. The molecule has 4 nitrogen and oxygen atoms in total. The number of amides is 2. The van der Waals surface area contributed by atoms with Crippen LogP contribution in [0.5, 0.6) is 5.75 Å². The predicted molar refractivity (Wildman–Crippen MR) is 92.9 cm³/mol. The fourth-order valence-corrected chi connectivity index (χ4v) is 2.42. The highest BCUT2D eigenvalue weighted by atomic mass is 35.5. The van der Waals surface area contributed by atoms with Gasteiger partial charge in [-0.05, 0) is 41.8 Å². The average molecular weight is 369 g/mol. The van der Waals surface area contributed by atoms with Crippen molar-refractivity contribution in [2.75, 3.05) is 0 Å². The van der Waals surface area contributed by atoms with Gasteiger partial charge in [0.15, 0.2) is 0 Å². The summed E-state index contributed by atoms with van der Waals surface area (Å²) in [5.41, 5.74) is 1.74. The Morgan fingerprint density at radius 2 is 1.76 bits per heavy atom. The number of benzene rings is 2. The fourth-order valence-electron chi connectivity index (χ4n) is 2.30. The topological polar surface area (TPSA) is 50.4 Å². The zero-order valence-electron chi connectivity index (χ0n) is 13.6. The monoisotopic (exact) mass is 368 g/mol. The van der Waals surface area contributed by atoms with Crippen LogP contribution in [0.25, 0.3) is 0 Å². The molecule has 25 heavy (non-hydrogen) atoms. The van der Waals surface area contributed by atoms with Crippen molar-refractivity contribution in [2.45, 2.75) is 32.5 Å². The molecular formula is C18H19ClF2N2O2. The van der Waals surface area contributed by atoms with Crippen molar-refractivity contribution < 1.29 is 18.3 Å². The van der Waals surface area contributed by atoms with Crippen LogP contribution in [0, 0.1) is 0 Å². The van der Waals surface area contributed by atoms with Gasteiger partial charge in [0.25, 0.3) is 0 Å². The number of alkyl halides is 2. The minimum atomic E-state index is -2.85. The molecule has 2 aromatic carbocycles.